The summed E-state index contributed by atoms with van der Waals surface area (Å²) < 4.78 is 0. The Hall–Kier alpha value is -0.320. The molecule has 0 spiro atoms. The summed E-state index contributed by atoms with van der Waals surface area (Å²) in [6, 6.07) is 0.423. The average molecular weight is 192 g/mol. The topological polar surface area (TPSA) is 67.2 Å². The Labute approximate surface area is 77.7 Å². The largest absolute Gasteiger partial charge is 0.352 e. The van der Waals surface area contributed by atoms with E-state index in [1.54, 1.807) is 0 Å². The molecule has 2 aliphatic rings. The number of rotatable bonds is 2. The van der Waals surface area contributed by atoms with Crippen molar-refractivity contribution in [2.45, 2.75) is 6.04 Å². The number of amides is 1. The molecule has 1 saturated carbocycles. The summed E-state index contributed by atoms with van der Waals surface area (Å²) in [6.07, 6.45) is 0. The Kier molecular flexibility index (Phi) is 2.93. The second-order valence-corrected chi connectivity index (χ2v) is 3.28. The zero-order chi connectivity index (χ0) is 7.84. The highest BCUT2D eigenvalue weighted by Crippen LogP contribution is 2.41. The molecule has 0 radical (unpaired) electrons. The van der Waals surface area contributed by atoms with Gasteiger partial charge < -0.3 is 16.4 Å². The molecule has 1 aliphatic heterocycles. The number of hydrogen-bond donors (Lipinski definition) is 3. The Morgan fingerprint density at radius 1 is 1.50 bits per heavy atom. The van der Waals surface area contributed by atoms with Crippen LogP contribution in [0.25, 0.3) is 0 Å². The third-order valence-electron chi connectivity index (χ3n) is 2.60. The minimum Gasteiger partial charge on any atom is -0.352 e. The Morgan fingerprint density at radius 2 is 2.08 bits per heavy atom. The van der Waals surface area contributed by atoms with Gasteiger partial charge in [-0.05, 0) is 11.8 Å². The summed E-state index contributed by atoms with van der Waals surface area (Å²) in [6.45, 7) is 2.23. The first-order chi connectivity index (χ1) is 5.33. The molecular formula is C7H14ClN3O. The second-order valence-electron chi connectivity index (χ2n) is 3.28. The number of nitrogens with one attached hydrogen (secondary N) is 2. The van der Waals surface area contributed by atoms with Gasteiger partial charge in [-0.3, -0.25) is 4.79 Å². The van der Waals surface area contributed by atoms with E-state index in [2.05, 4.69) is 10.6 Å². The summed E-state index contributed by atoms with van der Waals surface area (Å²) in [5, 5.41) is 6.16. The fourth-order valence-electron chi connectivity index (χ4n) is 1.88. The average Bonchev–Trinajstić information content (AvgIpc) is 2.52. The zero-order valence-electron chi connectivity index (χ0n) is 6.75. The van der Waals surface area contributed by atoms with Gasteiger partial charge in [-0.15, -0.1) is 12.4 Å². The van der Waals surface area contributed by atoms with Crippen LogP contribution in [0, 0.1) is 11.8 Å². The number of piperidine rings is 1. The molecule has 1 heterocycles. The lowest BCUT2D eigenvalue weighted by Gasteiger charge is -2.05. The van der Waals surface area contributed by atoms with Crippen molar-refractivity contribution < 1.29 is 4.79 Å². The Balaban J connectivity index is 0.000000720. The van der Waals surface area contributed by atoms with Crippen LogP contribution in [0.4, 0.5) is 0 Å². The van der Waals surface area contributed by atoms with Gasteiger partial charge in [0, 0.05) is 19.1 Å². The van der Waals surface area contributed by atoms with E-state index >= 15 is 0 Å². The van der Waals surface area contributed by atoms with Crippen LogP contribution in [0.3, 0.4) is 0 Å². The van der Waals surface area contributed by atoms with Gasteiger partial charge in [0.25, 0.3) is 0 Å². The van der Waals surface area contributed by atoms with E-state index in [0.29, 0.717) is 17.9 Å². The first-order valence-corrected chi connectivity index (χ1v) is 4.03. The van der Waals surface area contributed by atoms with Crippen LogP contribution in [0.5, 0.6) is 0 Å². The number of hydrogen-bond acceptors (Lipinski definition) is 3. The molecule has 0 bridgehead atoms. The molecule has 70 valence electrons. The molecule has 2 rings (SSSR count). The van der Waals surface area contributed by atoms with E-state index in [0.717, 1.165) is 13.1 Å². The van der Waals surface area contributed by atoms with Crippen LogP contribution in [0.2, 0.25) is 0 Å². The molecule has 4 nitrogen and oxygen atoms in total. The maximum absolute atomic E-state index is 10.8. The summed E-state index contributed by atoms with van der Waals surface area (Å²) in [7, 11) is 0. The third-order valence-corrected chi connectivity index (χ3v) is 2.60. The lowest BCUT2D eigenvalue weighted by molar-refractivity contribution is -0.120. The highest BCUT2D eigenvalue weighted by atomic mass is 35.5. The second kappa shape index (κ2) is 3.60. The first-order valence-electron chi connectivity index (χ1n) is 4.03. The molecule has 12 heavy (non-hydrogen) atoms. The van der Waals surface area contributed by atoms with Crippen molar-refractivity contribution >= 4 is 18.3 Å². The van der Waals surface area contributed by atoms with Gasteiger partial charge in [0.1, 0.15) is 0 Å². The lowest BCUT2D eigenvalue weighted by Crippen LogP contribution is -2.36. The molecule has 5 heteroatoms. The van der Waals surface area contributed by atoms with Gasteiger partial charge in [0.05, 0.1) is 6.54 Å². The van der Waals surface area contributed by atoms with E-state index in [-0.39, 0.29) is 24.9 Å². The van der Waals surface area contributed by atoms with Crippen molar-refractivity contribution in [1.29, 1.82) is 0 Å². The molecule has 1 aliphatic carbocycles. The molecule has 0 aromatic rings. The highest BCUT2D eigenvalue weighted by Gasteiger charge is 2.53. The molecule has 0 aromatic heterocycles. The van der Waals surface area contributed by atoms with Crippen LogP contribution in [0.15, 0.2) is 0 Å². The molecule has 2 unspecified atom stereocenters. The first kappa shape index (κ1) is 9.77. The third kappa shape index (κ3) is 1.55. The molecule has 2 atom stereocenters. The van der Waals surface area contributed by atoms with Crippen molar-refractivity contribution in [3.63, 3.8) is 0 Å². The van der Waals surface area contributed by atoms with Gasteiger partial charge in [-0.25, -0.2) is 0 Å². The fraction of sp³-hybridized carbons (Fsp3) is 0.857. The van der Waals surface area contributed by atoms with Crippen molar-refractivity contribution in [3.8, 4) is 0 Å². The lowest BCUT2D eigenvalue weighted by atomic mass is 10.4. The highest BCUT2D eigenvalue weighted by molar-refractivity contribution is 5.85. The number of halogens is 1. The number of carbonyl (C=O) groups excluding carboxylic acids is 1. The van der Waals surface area contributed by atoms with E-state index < -0.39 is 0 Å². The maximum Gasteiger partial charge on any atom is 0.233 e. The van der Waals surface area contributed by atoms with E-state index in [4.69, 9.17) is 5.73 Å². The van der Waals surface area contributed by atoms with Crippen LogP contribution in [0.1, 0.15) is 0 Å². The SMILES string of the molecule is Cl.NCC(=O)NC1C2CNCC21. The zero-order valence-corrected chi connectivity index (χ0v) is 7.56. The Bertz CT molecular complexity index is 177. The van der Waals surface area contributed by atoms with Crippen molar-refractivity contribution in [2.75, 3.05) is 19.6 Å². The van der Waals surface area contributed by atoms with Crippen LogP contribution >= 0.6 is 12.4 Å². The van der Waals surface area contributed by atoms with E-state index in [1.807, 2.05) is 0 Å². The predicted molar refractivity (Wildman–Crippen MR) is 48.1 cm³/mol. The van der Waals surface area contributed by atoms with E-state index in [1.165, 1.54) is 0 Å². The Morgan fingerprint density at radius 3 is 2.58 bits per heavy atom. The van der Waals surface area contributed by atoms with E-state index in [9.17, 15) is 4.79 Å². The van der Waals surface area contributed by atoms with Gasteiger partial charge >= 0.3 is 0 Å². The molecule has 1 amide bonds. The summed E-state index contributed by atoms with van der Waals surface area (Å²) in [5.74, 6) is 1.35. The minimum absolute atomic E-state index is 0. The van der Waals surface area contributed by atoms with Crippen molar-refractivity contribution in [3.05, 3.63) is 0 Å². The van der Waals surface area contributed by atoms with Crippen LogP contribution in [-0.4, -0.2) is 31.6 Å². The predicted octanol–water partition coefficient (Wildman–Crippen LogP) is -1.30. The molecule has 0 aromatic carbocycles. The minimum atomic E-state index is -0.0237. The van der Waals surface area contributed by atoms with Gasteiger partial charge in [-0.2, -0.15) is 0 Å². The van der Waals surface area contributed by atoms with Gasteiger partial charge in [0.15, 0.2) is 0 Å². The van der Waals surface area contributed by atoms with Gasteiger partial charge in [0.2, 0.25) is 5.91 Å². The summed E-state index contributed by atoms with van der Waals surface area (Å²) in [4.78, 5) is 10.8. The van der Waals surface area contributed by atoms with Gasteiger partial charge in [-0.1, -0.05) is 0 Å². The van der Waals surface area contributed by atoms with Crippen molar-refractivity contribution in [1.82, 2.24) is 10.6 Å². The molecule has 1 saturated heterocycles. The quantitative estimate of drug-likeness (QED) is 0.509. The molecular weight excluding hydrogens is 178 g/mol. The standard InChI is InChI=1S/C7H13N3O.ClH/c8-1-6(11)10-7-4-2-9-3-5(4)7;/h4-5,7,9H,1-3,8H2,(H,10,11);1H. The number of fused-ring (bicyclic) bond motifs is 1. The smallest absolute Gasteiger partial charge is 0.233 e. The van der Waals surface area contributed by atoms with Crippen molar-refractivity contribution in [2.24, 2.45) is 17.6 Å². The monoisotopic (exact) mass is 191 g/mol. The van der Waals surface area contributed by atoms with Crippen LogP contribution < -0.4 is 16.4 Å². The number of carbonyl (C=O) groups is 1. The molecule has 2 fully saturated rings. The molecule has 4 N–H and O–H groups in total. The summed E-state index contributed by atoms with van der Waals surface area (Å²) in [5.41, 5.74) is 5.17. The summed E-state index contributed by atoms with van der Waals surface area (Å²) >= 11 is 0. The maximum atomic E-state index is 10.8. The fourth-order valence-corrected chi connectivity index (χ4v) is 1.88. The normalized spacial score (nSPS) is 36.6. The number of nitrogens with two attached hydrogens (primary N) is 1. The van der Waals surface area contributed by atoms with Crippen LogP contribution in [-0.2, 0) is 4.79 Å².